The second-order valence-electron chi connectivity index (χ2n) is 4.66. The van der Waals surface area contributed by atoms with Gasteiger partial charge in [0.2, 0.25) is 0 Å². The Morgan fingerprint density at radius 3 is 2.50 bits per heavy atom. The number of nitrogens with one attached hydrogen (secondary N) is 1. The average Bonchev–Trinajstić information content (AvgIpc) is 2.83. The van der Waals surface area contributed by atoms with Gasteiger partial charge in [-0.15, -0.1) is 0 Å². The number of benzene rings is 1. The number of rotatable bonds is 3. The maximum Gasteiger partial charge on any atom is 0.262 e. The Balaban J connectivity index is 2.36. The minimum Gasteiger partial charge on any atom is -0.349 e. The third-order valence-corrected chi connectivity index (χ3v) is 5.66. The quantitative estimate of drug-likeness (QED) is 0.814. The molecule has 0 saturated heterocycles. The van der Waals surface area contributed by atoms with Crippen LogP contribution in [0.2, 0.25) is 0 Å². The molecule has 0 unspecified atom stereocenters. The summed E-state index contributed by atoms with van der Waals surface area (Å²) in [4.78, 5) is 11.7. The number of halogens is 3. The van der Waals surface area contributed by atoms with Crippen LogP contribution in [0.1, 0.15) is 36.0 Å². The molecule has 1 aliphatic carbocycles. The van der Waals surface area contributed by atoms with Crippen molar-refractivity contribution in [2.45, 2.75) is 36.6 Å². The van der Waals surface area contributed by atoms with Gasteiger partial charge in [-0.1, -0.05) is 12.8 Å². The predicted octanol–water partition coefficient (Wildman–Crippen LogP) is 3.19. The normalized spacial score (nSPS) is 16.4. The summed E-state index contributed by atoms with van der Waals surface area (Å²) in [7, 11) is 1.09. The first-order chi connectivity index (χ1) is 9.29. The van der Waals surface area contributed by atoms with Gasteiger partial charge in [0.15, 0.2) is 0 Å². The maximum absolute atomic E-state index is 13.5. The van der Waals surface area contributed by atoms with E-state index in [-0.39, 0.29) is 16.1 Å². The number of carbonyl (C=O) groups is 1. The first kappa shape index (κ1) is 15.7. The van der Waals surface area contributed by atoms with Gasteiger partial charge >= 0.3 is 0 Å². The van der Waals surface area contributed by atoms with Gasteiger partial charge in [-0.3, -0.25) is 4.79 Å². The number of amides is 1. The van der Waals surface area contributed by atoms with Gasteiger partial charge in [0.25, 0.3) is 15.0 Å². The zero-order valence-electron chi connectivity index (χ0n) is 10.3. The lowest BCUT2D eigenvalue weighted by molar-refractivity contribution is 0.0936. The van der Waals surface area contributed by atoms with E-state index in [0.717, 1.165) is 37.8 Å². The van der Waals surface area contributed by atoms with Crippen molar-refractivity contribution >= 4 is 41.6 Å². The van der Waals surface area contributed by atoms with Crippen LogP contribution in [-0.4, -0.2) is 20.4 Å². The smallest absolute Gasteiger partial charge is 0.262 e. The van der Waals surface area contributed by atoms with E-state index in [4.69, 9.17) is 10.7 Å². The Kier molecular flexibility index (Phi) is 4.71. The molecule has 0 aliphatic heterocycles. The Bertz CT molecular complexity index is 644. The monoisotopic (exact) mass is 383 g/mol. The highest BCUT2D eigenvalue weighted by molar-refractivity contribution is 9.10. The number of carbonyl (C=O) groups excluding carboxylic acids is 1. The summed E-state index contributed by atoms with van der Waals surface area (Å²) < 4.78 is 36.2. The molecule has 0 bridgehead atoms. The molecule has 1 aliphatic rings. The summed E-state index contributed by atoms with van der Waals surface area (Å²) >= 11 is 3.01. The van der Waals surface area contributed by atoms with Crippen molar-refractivity contribution in [1.29, 1.82) is 0 Å². The molecule has 1 amide bonds. The molecular weight excluding hydrogens is 373 g/mol. The van der Waals surface area contributed by atoms with Gasteiger partial charge in [0.1, 0.15) is 10.7 Å². The molecular formula is C12H12BrClFNO3S. The molecule has 20 heavy (non-hydrogen) atoms. The molecule has 0 aromatic heterocycles. The lowest BCUT2D eigenvalue weighted by Gasteiger charge is -2.14. The molecule has 8 heteroatoms. The highest BCUT2D eigenvalue weighted by atomic mass is 79.9. The molecule has 0 atom stereocenters. The van der Waals surface area contributed by atoms with Gasteiger partial charge in [-0.2, -0.15) is 0 Å². The molecule has 1 aromatic carbocycles. The third kappa shape index (κ3) is 3.51. The molecule has 0 spiro atoms. The summed E-state index contributed by atoms with van der Waals surface area (Å²) in [5.74, 6) is -1.34. The fourth-order valence-corrected chi connectivity index (χ4v) is 4.51. The van der Waals surface area contributed by atoms with E-state index in [9.17, 15) is 17.6 Å². The number of hydrogen-bond acceptors (Lipinski definition) is 3. The summed E-state index contributed by atoms with van der Waals surface area (Å²) in [5.41, 5.74) is -0.0730. The van der Waals surface area contributed by atoms with Crippen molar-refractivity contribution in [3.05, 3.63) is 28.0 Å². The van der Waals surface area contributed by atoms with Crippen LogP contribution in [0.5, 0.6) is 0 Å². The fraction of sp³-hybridized carbons (Fsp3) is 0.417. The van der Waals surface area contributed by atoms with Gasteiger partial charge in [-0.05, 0) is 40.9 Å². The maximum atomic E-state index is 13.5. The van der Waals surface area contributed by atoms with Crippen molar-refractivity contribution in [1.82, 2.24) is 5.32 Å². The van der Waals surface area contributed by atoms with Crippen LogP contribution >= 0.6 is 26.6 Å². The zero-order chi connectivity index (χ0) is 14.9. The Morgan fingerprint density at radius 1 is 1.35 bits per heavy atom. The van der Waals surface area contributed by atoms with Crippen molar-refractivity contribution in [3.63, 3.8) is 0 Å². The van der Waals surface area contributed by atoms with E-state index in [2.05, 4.69) is 21.2 Å². The standard InChI is InChI=1S/C12H12BrClFNO3S/c13-11-9(12(17)16-8-3-1-2-4-8)5-7(15)6-10(11)20(14,18)19/h5-6,8H,1-4H2,(H,16,17). The zero-order valence-corrected chi connectivity index (χ0v) is 13.5. The minimum absolute atomic E-state index is 0.0237. The van der Waals surface area contributed by atoms with E-state index in [1.165, 1.54) is 0 Å². The molecule has 1 fully saturated rings. The van der Waals surface area contributed by atoms with Crippen LogP contribution < -0.4 is 5.32 Å². The lowest BCUT2D eigenvalue weighted by atomic mass is 10.1. The van der Waals surface area contributed by atoms with Gasteiger partial charge in [-0.25, -0.2) is 12.8 Å². The Morgan fingerprint density at radius 2 is 1.95 bits per heavy atom. The van der Waals surface area contributed by atoms with E-state index in [0.29, 0.717) is 0 Å². The highest BCUT2D eigenvalue weighted by Gasteiger charge is 2.24. The first-order valence-corrected chi connectivity index (χ1v) is 9.14. The van der Waals surface area contributed by atoms with Crippen molar-refractivity contribution < 1.29 is 17.6 Å². The van der Waals surface area contributed by atoms with Crippen LogP contribution in [0.4, 0.5) is 4.39 Å². The topological polar surface area (TPSA) is 63.2 Å². The van der Waals surface area contributed by atoms with Crippen molar-refractivity contribution in [3.8, 4) is 0 Å². The van der Waals surface area contributed by atoms with Gasteiger partial charge in [0, 0.05) is 16.7 Å². The van der Waals surface area contributed by atoms with Crippen molar-refractivity contribution in [2.75, 3.05) is 0 Å². The number of hydrogen-bond donors (Lipinski definition) is 1. The van der Waals surface area contributed by atoms with E-state index < -0.39 is 25.7 Å². The van der Waals surface area contributed by atoms with E-state index in [1.54, 1.807) is 0 Å². The largest absolute Gasteiger partial charge is 0.349 e. The molecule has 1 saturated carbocycles. The summed E-state index contributed by atoms with van der Waals surface area (Å²) in [6.45, 7) is 0. The Labute approximate surface area is 129 Å². The van der Waals surface area contributed by atoms with Crippen LogP contribution in [0, 0.1) is 5.82 Å². The summed E-state index contributed by atoms with van der Waals surface area (Å²) in [6.07, 6.45) is 3.83. The summed E-state index contributed by atoms with van der Waals surface area (Å²) in [6, 6.07) is 1.81. The van der Waals surface area contributed by atoms with Gasteiger partial charge in [0.05, 0.1) is 10.0 Å². The van der Waals surface area contributed by atoms with Crippen LogP contribution in [0.25, 0.3) is 0 Å². The van der Waals surface area contributed by atoms with Crippen molar-refractivity contribution in [2.24, 2.45) is 0 Å². The molecule has 4 nitrogen and oxygen atoms in total. The molecule has 1 N–H and O–H groups in total. The predicted molar refractivity (Wildman–Crippen MR) is 76.9 cm³/mol. The molecule has 110 valence electrons. The van der Waals surface area contributed by atoms with Crippen LogP contribution in [0.15, 0.2) is 21.5 Å². The molecule has 1 aromatic rings. The highest BCUT2D eigenvalue weighted by Crippen LogP contribution is 2.30. The SMILES string of the molecule is O=C(NC1CCCC1)c1cc(F)cc(S(=O)(=O)Cl)c1Br. The average molecular weight is 385 g/mol. The second kappa shape index (κ2) is 5.99. The van der Waals surface area contributed by atoms with Crippen LogP contribution in [0.3, 0.4) is 0 Å². The first-order valence-electron chi connectivity index (χ1n) is 6.03. The van der Waals surface area contributed by atoms with E-state index >= 15 is 0 Å². The third-order valence-electron chi connectivity index (χ3n) is 3.20. The fourth-order valence-electron chi connectivity index (χ4n) is 2.24. The molecule has 0 radical (unpaired) electrons. The van der Waals surface area contributed by atoms with E-state index in [1.807, 2.05) is 0 Å². The van der Waals surface area contributed by atoms with Crippen LogP contribution in [-0.2, 0) is 9.05 Å². The molecule has 2 rings (SSSR count). The Hall–Kier alpha value is -0.660. The summed E-state index contributed by atoms with van der Waals surface area (Å²) in [5, 5.41) is 2.77. The minimum atomic E-state index is -4.13. The lowest BCUT2D eigenvalue weighted by Crippen LogP contribution is -2.33. The van der Waals surface area contributed by atoms with Gasteiger partial charge < -0.3 is 5.32 Å². The second-order valence-corrected chi connectivity index (χ2v) is 7.99. The molecule has 0 heterocycles.